The van der Waals surface area contributed by atoms with E-state index in [4.69, 9.17) is 8.60 Å². The lowest BCUT2D eigenvalue weighted by Gasteiger charge is -2.19. The zero-order valence-corrected chi connectivity index (χ0v) is 21.9. The van der Waals surface area contributed by atoms with E-state index in [0.29, 0.717) is 0 Å². The summed E-state index contributed by atoms with van der Waals surface area (Å²) >= 11 is -2.67. The highest BCUT2D eigenvalue weighted by atomic mass is 32.2. The number of nitrogens with zero attached hydrogens (tertiary/aromatic N) is 2. The van der Waals surface area contributed by atoms with Gasteiger partial charge in [-0.05, 0) is 41.5 Å². The zero-order chi connectivity index (χ0) is 28.4. The van der Waals surface area contributed by atoms with Gasteiger partial charge in [0.2, 0.25) is 0 Å². The van der Waals surface area contributed by atoms with Gasteiger partial charge in [-0.2, -0.15) is 8.42 Å². The summed E-state index contributed by atoms with van der Waals surface area (Å²) in [6.45, 7) is 0. The Balaban J connectivity index is 1.52. The molecule has 1 heterocycles. The van der Waals surface area contributed by atoms with E-state index in [1.807, 2.05) is 30.3 Å². The molecule has 202 valence electrons. The summed E-state index contributed by atoms with van der Waals surface area (Å²) in [7, 11) is -4.55. The highest BCUT2D eigenvalue weighted by Crippen LogP contribution is 2.33. The molecule has 5 rings (SSSR count). The summed E-state index contributed by atoms with van der Waals surface area (Å²) in [5.74, 6) is -0.350. The van der Waals surface area contributed by atoms with Gasteiger partial charge >= 0.3 is 15.7 Å². The van der Waals surface area contributed by atoms with Crippen LogP contribution in [0.25, 0.3) is 22.1 Å². The first kappa shape index (κ1) is 26.7. The maximum absolute atomic E-state index is 13.0. The second-order valence-electron chi connectivity index (χ2n) is 8.32. The average Bonchev–Trinajstić information content (AvgIpc) is 2.94. The van der Waals surface area contributed by atoms with Crippen LogP contribution in [0.15, 0.2) is 117 Å². The molecule has 0 saturated carbocycles. The Kier molecular flexibility index (Phi) is 7.17. The fourth-order valence-corrected chi connectivity index (χ4v) is 5.54. The third kappa shape index (κ3) is 5.33. The Hall–Kier alpha value is -4.85. The summed E-state index contributed by atoms with van der Waals surface area (Å²) in [4.78, 5) is 22.8. The minimum Gasteiger partial charge on any atom is -0.417 e. The molecular formula is C27H18N2O9S2. The fourth-order valence-electron chi connectivity index (χ4n) is 3.97. The second kappa shape index (κ2) is 10.7. The Morgan fingerprint density at radius 1 is 0.875 bits per heavy atom. The molecular weight excluding hydrogens is 560 g/mol. The maximum atomic E-state index is 13.0. The smallest absolute Gasteiger partial charge is 0.361 e. The molecule has 1 unspecified atom stereocenters. The molecule has 0 fully saturated rings. The minimum atomic E-state index is -4.55. The molecule has 0 saturated heterocycles. The van der Waals surface area contributed by atoms with Crippen molar-refractivity contribution in [3.05, 3.63) is 124 Å². The van der Waals surface area contributed by atoms with E-state index in [-0.39, 0.29) is 28.1 Å². The number of nitro benzene ring substituents is 1. The molecule has 0 aliphatic rings. The molecule has 0 aliphatic carbocycles. The largest absolute Gasteiger partial charge is 0.417 e. The summed E-state index contributed by atoms with van der Waals surface area (Å²) in [6, 6.07) is 25.8. The Morgan fingerprint density at radius 3 is 2.23 bits per heavy atom. The number of fused-ring (bicyclic) bond motifs is 1. The van der Waals surface area contributed by atoms with Crippen molar-refractivity contribution in [1.29, 1.82) is 0 Å². The number of non-ortho nitro benzene ring substituents is 1. The van der Waals surface area contributed by atoms with E-state index < -0.39 is 42.5 Å². The molecule has 11 nitrogen and oxygen atoms in total. The normalized spacial score (nSPS) is 12.1. The van der Waals surface area contributed by atoms with Crippen LogP contribution in [-0.4, -0.2) is 22.1 Å². The van der Waals surface area contributed by atoms with E-state index in [2.05, 4.69) is 0 Å². The van der Waals surface area contributed by atoms with Crippen molar-refractivity contribution in [2.24, 2.45) is 0 Å². The standard InChI is InChI=1S/C27H18N2O9S2/c30-27-24(28(39(33)34)21-14-12-19(13-15-21)18-6-2-1-3-7-18)16-20-8-4-11-25(26(20)37-27)38-40(35,36)23-10-5-9-22(17-23)29(31)32/h1-17H,(H,33,34). The third-order valence-corrected chi connectivity index (χ3v) is 7.76. The monoisotopic (exact) mass is 578 g/mol. The number of hydrogen-bond donors (Lipinski definition) is 1. The van der Waals surface area contributed by atoms with Crippen LogP contribution in [0.5, 0.6) is 5.75 Å². The van der Waals surface area contributed by atoms with E-state index in [9.17, 15) is 32.1 Å². The molecule has 40 heavy (non-hydrogen) atoms. The predicted molar refractivity (Wildman–Crippen MR) is 148 cm³/mol. The Bertz CT molecular complexity index is 1920. The molecule has 1 aromatic heterocycles. The van der Waals surface area contributed by atoms with Crippen LogP contribution in [0, 0.1) is 10.1 Å². The molecule has 0 bridgehead atoms. The number of nitro groups is 1. The van der Waals surface area contributed by atoms with Crippen molar-refractivity contribution in [3.63, 3.8) is 0 Å². The lowest BCUT2D eigenvalue weighted by molar-refractivity contribution is -0.385. The van der Waals surface area contributed by atoms with Gasteiger partial charge in [-0.25, -0.2) is 13.3 Å². The van der Waals surface area contributed by atoms with Crippen molar-refractivity contribution in [1.82, 2.24) is 0 Å². The minimum absolute atomic E-state index is 0.192. The quantitative estimate of drug-likeness (QED) is 0.0835. The van der Waals surface area contributed by atoms with Crippen molar-refractivity contribution in [3.8, 4) is 16.9 Å². The number of rotatable bonds is 8. The van der Waals surface area contributed by atoms with Gasteiger partial charge in [0, 0.05) is 17.5 Å². The van der Waals surface area contributed by atoms with Crippen molar-refractivity contribution in [2.75, 3.05) is 4.31 Å². The fraction of sp³-hybridized carbons (Fsp3) is 0. The van der Waals surface area contributed by atoms with Crippen LogP contribution < -0.4 is 14.1 Å². The number of hydrogen-bond acceptors (Lipinski definition) is 8. The lowest BCUT2D eigenvalue weighted by atomic mass is 10.1. The van der Waals surface area contributed by atoms with E-state index in [1.165, 1.54) is 30.3 Å². The van der Waals surface area contributed by atoms with Crippen LogP contribution in [0.2, 0.25) is 0 Å². The molecule has 13 heteroatoms. The summed E-state index contributed by atoms with van der Waals surface area (Å²) in [6.07, 6.45) is 0. The van der Waals surface area contributed by atoms with Gasteiger partial charge in [0.15, 0.2) is 11.3 Å². The molecule has 0 radical (unpaired) electrons. The topological polar surface area (TPSA) is 157 Å². The van der Waals surface area contributed by atoms with Crippen molar-refractivity contribution >= 4 is 49.4 Å². The second-order valence-corrected chi connectivity index (χ2v) is 10.7. The van der Waals surface area contributed by atoms with Crippen LogP contribution in [0.1, 0.15) is 0 Å². The summed E-state index contributed by atoms with van der Waals surface area (Å²) < 4.78 is 59.5. The first-order valence-corrected chi connectivity index (χ1v) is 13.9. The van der Waals surface area contributed by atoms with Gasteiger partial charge in [0.1, 0.15) is 10.6 Å². The molecule has 0 spiro atoms. The average molecular weight is 579 g/mol. The van der Waals surface area contributed by atoms with Gasteiger partial charge in [-0.15, -0.1) is 0 Å². The van der Waals surface area contributed by atoms with Crippen LogP contribution in [0.3, 0.4) is 0 Å². The summed E-state index contributed by atoms with van der Waals surface area (Å²) in [5.41, 5.74) is 0.00741. The van der Waals surface area contributed by atoms with Crippen LogP contribution >= 0.6 is 0 Å². The third-order valence-electron chi connectivity index (χ3n) is 5.81. The van der Waals surface area contributed by atoms with Crippen molar-refractivity contribution in [2.45, 2.75) is 4.90 Å². The van der Waals surface area contributed by atoms with Gasteiger partial charge in [-0.3, -0.25) is 14.7 Å². The zero-order valence-electron chi connectivity index (χ0n) is 20.2. The molecule has 0 amide bonds. The molecule has 5 aromatic rings. The predicted octanol–water partition coefficient (Wildman–Crippen LogP) is 5.41. The highest BCUT2D eigenvalue weighted by Gasteiger charge is 2.24. The summed E-state index contributed by atoms with van der Waals surface area (Å²) in [5, 5.41) is 11.2. The Labute approximate surface area is 229 Å². The SMILES string of the molecule is O=c1oc2c(OS(=O)(=O)c3cccc([N+](=O)[O-])c3)cccc2cc1N(c1ccc(-c2ccccc2)cc1)S(=O)O. The van der Waals surface area contributed by atoms with E-state index in [1.54, 1.807) is 24.3 Å². The van der Waals surface area contributed by atoms with Gasteiger partial charge in [0.05, 0.1) is 10.6 Å². The lowest BCUT2D eigenvalue weighted by Crippen LogP contribution is -2.24. The Morgan fingerprint density at radius 2 is 1.55 bits per heavy atom. The van der Waals surface area contributed by atoms with Gasteiger partial charge in [0.25, 0.3) is 17.0 Å². The van der Waals surface area contributed by atoms with Gasteiger partial charge in [-0.1, -0.05) is 60.7 Å². The molecule has 4 aromatic carbocycles. The van der Waals surface area contributed by atoms with Gasteiger partial charge < -0.3 is 8.60 Å². The van der Waals surface area contributed by atoms with E-state index >= 15 is 0 Å². The maximum Gasteiger partial charge on any atom is 0.361 e. The highest BCUT2D eigenvalue weighted by molar-refractivity contribution is 7.87. The molecule has 0 aliphatic heterocycles. The number of benzene rings is 4. The number of anilines is 2. The molecule has 1 atom stereocenters. The first-order valence-electron chi connectivity index (χ1n) is 11.5. The number of para-hydroxylation sites is 1. The van der Waals surface area contributed by atoms with Crippen molar-refractivity contribution < 1.29 is 30.7 Å². The first-order chi connectivity index (χ1) is 19.1. The molecule has 1 N–H and O–H groups in total. The van der Waals surface area contributed by atoms with Crippen LogP contribution in [-0.2, 0) is 21.4 Å². The van der Waals surface area contributed by atoms with Crippen LogP contribution in [0.4, 0.5) is 17.1 Å². The van der Waals surface area contributed by atoms with E-state index in [0.717, 1.165) is 33.6 Å².